The number of para-hydroxylation sites is 1. The molecule has 0 radical (unpaired) electrons. The molecule has 300 valence electrons. The van der Waals surface area contributed by atoms with Crippen molar-refractivity contribution in [2.45, 2.75) is 63.1 Å². The maximum atomic E-state index is 13.8. The van der Waals surface area contributed by atoms with Crippen LogP contribution in [0.25, 0.3) is 10.9 Å². The third-order valence-corrected chi connectivity index (χ3v) is 11.5. The van der Waals surface area contributed by atoms with E-state index in [0.29, 0.717) is 56.3 Å². The van der Waals surface area contributed by atoms with Crippen LogP contribution in [0.15, 0.2) is 54.7 Å². The van der Waals surface area contributed by atoms with Gasteiger partial charge in [0, 0.05) is 63.2 Å². The number of piperazine rings is 1. The number of rotatable bonds is 7. The van der Waals surface area contributed by atoms with Crippen LogP contribution in [0.4, 0.5) is 35.9 Å². The van der Waals surface area contributed by atoms with Gasteiger partial charge in [0.05, 0.1) is 41.4 Å². The first kappa shape index (κ1) is 38.0. The maximum absolute atomic E-state index is 13.8. The van der Waals surface area contributed by atoms with Gasteiger partial charge in [0.1, 0.15) is 23.2 Å². The summed E-state index contributed by atoms with van der Waals surface area (Å²) in [5.74, 6) is -1.25. The number of pyridine rings is 1. The molecule has 8 rings (SSSR count). The molecule has 0 spiro atoms. The molecule has 1 aliphatic carbocycles. The van der Waals surface area contributed by atoms with Gasteiger partial charge in [-0.1, -0.05) is 12.1 Å². The molecule has 2 aromatic heterocycles. The molecule has 4 aromatic rings. The standard InChI is InChI=1S/C39H42F3N9O6/c1-47-34-28(6-4-7-29(34)51(38(47)56)30-13-14-33(52)45-36(30)54)48-15-17-49(18-16-48)37(55)22-9-11-24(12-10-22)50-21-23-19-27(31(57-2)20-26(23)46-50)44-35(53)25-5-3-8-32(43-25)39(40,41)42/h3-8,19-22,24,30,38,56H,9-18H2,1-2H3,(H,44,53)(H,45,52,54). The summed E-state index contributed by atoms with van der Waals surface area (Å²) in [6, 6.07) is 11.6. The molecule has 3 N–H and O–H groups in total. The number of benzene rings is 2. The molecule has 4 amide bonds. The summed E-state index contributed by atoms with van der Waals surface area (Å²) >= 11 is 0. The number of hydrogen-bond donors (Lipinski definition) is 3. The quantitative estimate of drug-likeness (QED) is 0.231. The summed E-state index contributed by atoms with van der Waals surface area (Å²) in [6.07, 6.45) is -0.527. The maximum Gasteiger partial charge on any atom is 0.433 e. The number of aliphatic hydroxyl groups is 1. The highest BCUT2D eigenvalue weighted by Crippen LogP contribution is 2.47. The zero-order chi connectivity index (χ0) is 40.2. The molecule has 2 unspecified atom stereocenters. The molecule has 57 heavy (non-hydrogen) atoms. The molecule has 2 saturated heterocycles. The van der Waals surface area contributed by atoms with E-state index in [2.05, 4.69) is 20.5 Å². The number of halogens is 3. The van der Waals surface area contributed by atoms with E-state index in [-0.39, 0.29) is 47.3 Å². The molecule has 18 heteroatoms. The number of piperidine rings is 1. The lowest BCUT2D eigenvalue weighted by atomic mass is 9.85. The molecule has 4 aliphatic rings. The highest BCUT2D eigenvalue weighted by atomic mass is 19.4. The van der Waals surface area contributed by atoms with Crippen molar-refractivity contribution >= 4 is 57.3 Å². The summed E-state index contributed by atoms with van der Waals surface area (Å²) in [7, 11) is 3.20. The number of anilines is 4. The van der Waals surface area contributed by atoms with Gasteiger partial charge in [0.25, 0.3) is 5.91 Å². The second-order valence-corrected chi connectivity index (χ2v) is 14.9. The van der Waals surface area contributed by atoms with E-state index in [1.165, 1.54) is 13.2 Å². The molecule has 3 aliphatic heterocycles. The minimum absolute atomic E-state index is 0.0453. The Morgan fingerprint density at radius 2 is 1.68 bits per heavy atom. The summed E-state index contributed by atoms with van der Waals surface area (Å²) in [5, 5.41) is 21.7. The highest BCUT2D eigenvalue weighted by molar-refractivity contribution is 6.05. The number of hydrogen-bond acceptors (Lipinski definition) is 11. The molecule has 2 atom stereocenters. The van der Waals surface area contributed by atoms with Crippen LogP contribution in [0.1, 0.15) is 60.7 Å². The van der Waals surface area contributed by atoms with Gasteiger partial charge in [-0.15, -0.1) is 0 Å². The number of nitrogens with zero attached hydrogens (tertiary/aromatic N) is 7. The number of carbonyl (C=O) groups excluding carboxylic acids is 4. The number of fused-ring (bicyclic) bond motifs is 2. The monoisotopic (exact) mass is 789 g/mol. The van der Waals surface area contributed by atoms with E-state index in [9.17, 15) is 37.5 Å². The Bertz CT molecular complexity index is 2230. The number of aromatic nitrogens is 3. The van der Waals surface area contributed by atoms with Crippen LogP contribution in [0.2, 0.25) is 0 Å². The van der Waals surface area contributed by atoms with Crippen molar-refractivity contribution in [3.63, 3.8) is 0 Å². The number of aliphatic hydroxyl groups excluding tert-OH is 1. The van der Waals surface area contributed by atoms with Crippen molar-refractivity contribution in [1.82, 2.24) is 25.0 Å². The molecule has 2 aromatic carbocycles. The molecule has 5 heterocycles. The number of alkyl halides is 3. The van der Waals surface area contributed by atoms with E-state index in [0.717, 1.165) is 42.0 Å². The van der Waals surface area contributed by atoms with Gasteiger partial charge in [0.2, 0.25) is 24.1 Å². The Morgan fingerprint density at radius 1 is 0.965 bits per heavy atom. The molecule has 3 fully saturated rings. The SMILES string of the molecule is COc1cc2nn(C3CCC(C(=O)N4CCN(c5cccc6c5N(C)C(O)N6C5CCC(=O)NC5=O)CC4)CC3)cc2cc1NC(=O)c1cccc(C(F)(F)F)n1. The molecule has 1 saturated carbocycles. The van der Waals surface area contributed by atoms with E-state index < -0.39 is 36.1 Å². The number of ether oxygens (including phenoxy) is 1. The first-order valence-electron chi connectivity index (χ1n) is 18.9. The number of methoxy groups -OCH3 is 1. The van der Waals surface area contributed by atoms with Gasteiger partial charge >= 0.3 is 6.18 Å². The highest BCUT2D eigenvalue weighted by Gasteiger charge is 2.44. The normalized spacial score (nSPS) is 22.8. The van der Waals surface area contributed by atoms with E-state index >= 15 is 0 Å². The Morgan fingerprint density at radius 3 is 2.39 bits per heavy atom. The van der Waals surface area contributed by atoms with Crippen LogP contribution in [-0.2, 0) is 20.6 Å². The first-order valence-corrected chi connectivity index (χ1v) is 18.9. The van der Waals surface area contributed by atoms with Crippen LogP contribution in [0.3, 0.4) is 0 Å². The zero-order valence-corrected chi connectivity index (χ0v) is 31.3. The van der Waals surface area contributed by atoms with Crippen LogP contribution in [-0.4, -0.2) is 101 Å². The van der Waals surface area contributed by atoms with Crippen molar-refractivity contribution in [2.24, 2.45) is 5.92 Å². The van der Waals surface area contributed by atoms with Crippen molar-refractivity contribution in [3.8, 4) is 5.75 Å². The second-order valence-electron chi connectivity index (χ2n) is 14.9. The summed E-state index contributed by atoms with van der Waals surface area (Å²) in [6.45, 7) is 2.28. The fourth-order valence-corrected chi connectivity index (χ4v) is 8.49. The Kier molecular flexibility index (Phi) is 9.91. The molecular formula is C39H42F3N9O6. The molecule has 0 bridgehead atoms. The van der Waals surface area contributed by atoms with Crippen molar-refractivity contribution in [1.29, 1.82) is 0 Å². The van der Waals surface area contributed by atoms with Crippen molar-refractivity contribution in [3.05, 3.63) is 66.1 Å². The van der Waals surface area contributed by atoms with E-state index in [1.807, 2.05) is 34.0 Å². The third-order valence-electron chi connectivity index (χ3n) is 11.5. The van der Waals surface area contributed by atoms with Gasteiger partial charge in [-0.05, 0) is 62.4 Å². The number of imide groups is 1. The van der Waals surface area contributed by atoms with E-state index in [1.54, 1.807) is 29.0 Å². The fourth-order valence-electron chi connectivity index (χ4n) is 8.49. The van der Waals surface area contributed by atoms with Gasteiger partial charge < -0.3 is 34.8 Å². The number of amides is 4. The predicted octanol–water partition coefficient (Wildman–Crippen LogP) is 4.13. The van der Waals surface area contributed by atoms with Crippen LogP contribution < -0.4 is 30.1 Å². The van der Waals surface area contributed by atoms with Crippen LogP contribution in [0, 0.1) is 5.92 Å². The number of nitrogens with one attached hydrogen (secondary N) is 2. The smallest absolute Gasteiger partial charge is 0.433 e. The zero-order valence-electron chi connectivity index (χ0n) is 31.3. The first-order chi connectivity index (χ1) is 27.3. The minimum Gasteiger partial charge on any atom is -0.494 e. The average molecular weight is 790 g/mol. The molecule has 15 nitrogen and oxygen atoms in total. The lowest BCUT2D eigenvalue weighted by Crippen LogP contribution is -2.56. The predicted molar refractivity (Wildman–Crippen MR) is 203 cm³/mol. The van der Waals surface area contributed by atoms with E-state index in [4.69, 9.17) is 9.84 Å². The lowest BCUT2D eigenvalue weighted by molar-refractivity contribution is -0.141. The van der Waals surface area contributed by atoms with Gasteiger partial charge in [-0.2, -0.15) is 18.3 Å². The number of carbonyl (C=O) groups is 4. The second kappa shape index (κ2) is 14.9. The van der Waals surface area contributed by atoms with Crippen LogP contribution in [0.5, 0.6) is 5.75 Å². The van der Waals surface area contributed by atoms with Crippen molar-refractivity contribution in [2.75, 3.05) is 60.4 Å². The van der Waals surface area contributed by atoms with Crippen molar-refractivity contribution < 1.29 is 42.2 Å². The van der Waals surface area contributed by atoms with Gasteiger partial charge in [-0.25, -0.2) is 4.98 Å². The topological polar surface area (TPSA) is 165 Å². The summed E-state index contributed by atoms with van der Waals surface area (Å²) in [4.78, 5) is 62.2. The average Bonchev–Trinajstić information content (AvgIpc) is 3.74. The minimum atomic E-state index is -4.69. The Hall–Kier alpha value is -5.91. The molecular weight excluding hydrogens is 747 g/mol. The van der Waals surface area contributed by atoms with Crippen LogP contribution >= 0.6 is 0 Å². The summed E-state index contributed by atoms with van der Waals surface area (Å²) in [5.41, 5.74) is 1.75. The van der Waals surface area contributed by atoms with Gasteiger partial charge in [-0.3, -0.25) is 29.2 Å². The summed E-state index contributed by atoms with van der Waals surface area (Å²) < 4.78 is 46.9. The third kappa shape index (κ3) is 7.17. The Labute approximate surface area is 325 Å². The van der Waals surface area contributed by atoms with Gasteiger partial charge in [0.15, 0.2) is 0 Å². The largest absolute Gasteiger partial charge is 0.494 e. The fraction of sp³-hybridized carbons (Fsp3) is 0.436. The lowest BCUT2D eigenvalue weighted by Gasteiger charge is -2.39. The Balaban J connectivity index is 0.882.